The normalized spacial score (nSPS) is 10.2. The number of benzene rings is 2. The first-order chi connectivity index (χ1) is 13.7. The average molecular weight is 376 g/mol. The Hall–Kier alpha value is -3.74. The van der Waals surface area contributed by atoms with Crippen LogP contribution < -0.4 is 10.6 Å². The molecule has 3 aromatic rings. The summed E-state index contributed by atoms with van der Waals surface area (Å²) in [5.41, 5.74) is 2.41. The number of para-hydroxylation sites is 1. The van der Waals surface area contributed by atoms with Crippen molar-refractivity contribution in [3.63, 3.8) is 0 Å². The molecule has 2 aromatic carbocycles. The zero-order valence-electron chi connectivity index (χ0n) is 15.4. The van der Waals surface area contributed by atoms with Crippen LogP contribution in [0.25, 0.3) is 0 Å². The van der Waals surface area contributed by atoms with Crippen molar-refractivity contribution in [3.05, 3.63) is 83.7 Å². The van der Waals surface area contributed by atoms with E-state index in [2.05, 4.69) is 20.6 Å². The average Bonchev–Trinajstić information content (AvgIpc) is 2.75. The lowest BCUT2D eigenvalue weighted by atomic mass is 10.1. The molecule has 0 aliphatic heterocycles. The molecule has 142 valence electrons. The van der Waals surface area contributed by atoms with Crippen LogP contribution in [0.4, 0.5) is 11.6 Å². The van der Waals surface area contributed by atoms with Gasteiger partial charge in [0.05, 0.1) is 23.9 Å². The SMILES string of the molecule is COC(=O)c1ccccc1Nc1ncc(C(=O)NCCc2ccccc2)cn1. The first kappa shape index (κ1) is 19.0. The summed E-state index contributed by atoms with van der Waals surface area (Å²) in [7, 11) is 1.32. The van der Waals surface area contributed by atoms with Crippen LogP contribution in [0.2, 0.25) is 0 Å². The molecule has 0 bridgehead atoms. The molecular weight excluding hydrogens is 356 g/mol. The summed E-state index contributed by atoms with van der Waals surface area (Å²) in [5, 5.41) is 5.81. The predicted molar refractivity (Wildman–Crippen MR) is 106 cm³/mol. The summed E-state index contributed by atoms with van der Waals surface area (Å²) < 4.78 is 4.76. The maximum atomic E-state index is 12.2. The van der Waals surface area contributed by atoms with Crippen molar-refractivity contribution in [2.24, 2.45) is 0 Å². The Balaban J connectivity index is 1.59. The molecule has 28 heavy (non-hydrogen) atoms. The third-order valence-electron chi connectivity index (χ3n) is 4.03. The van der Waals surface area contributed by atoms with Crippen molar-refractivity contribution in [1.82, 2.24) is 15.3 Å². The Kier molecular flexibility index (Phi) is 6.30. The molecule has 1 amide bonds. The number of hydrogen-bond donors (Lipinski definition) is 2. The molecule has 0 saturated heterocycles. The molecule has 0 aliphatic carbocycles. The molecule has 3 rings (SSSR count). The van der Waals surface area contributed by atoms with E-state index in [-0.39, 0.29) is 11.9 Å². The quantitative estimate of drug-likeness (QED) is 0.616. The smallest absolute Gasteiger partial charge is 0.339 e. The zero-order valence-corrected chi connectivity index (χ0v) is 15.4. The number of rotatable bonds is 7. The van der Waals surface area contributed by atoms with Gasteiger partial charge in [-0.2, -0.15) is 0 Å². The largest absolute Gasteiger partial charge is 0.465 e. The van der Waals surface area contributed by atoms with Crippen LogP contribution in [-0.4, -0.2) is 35.5 Å². The van der Waals surface area contributed by atoms with Gasteiger partial charge >= 0.3 is 5.97 Å². The van der Waals surface area contributed by atoms with Gasteiger partial charge in [-0.1, -0.05) is 42.5 Å². The third-order valence-corrected chi connectivity index (χ3v) is 4.03. The van der Waals surface area contributed by atoms with E-state index in [9.17, 15) is 9.59 Å². The second kappa shape index (κ2) is 9.27. The van der Waals surface area contributed by atoms with E-state index in [4.69, 9.17) is 4.74 Å². The number of hydrogen-bond acceptors (Lipinski definition) is 6. The second-order valence-corrected chi connectivity index (χ2v) is 5.95. The van der Waals surface area contributed by atoms with Gasteiger partial charge < -0.3 is 15.4 Å². The fraction of sp³-hybridized carbons (Fsp3) is 0.143. The van der Waals surface area contributed by atoms with Crippen LogP contribution in [0.3, 0.4) is 0 Å². The number of anilines is 2. The van der Waals surface area contributed by atoms with E-state index in [1.54, 1.807) is 24.3 Å². The van der Waals surface area contributed by atoms with Crippen LogP contribution in [0.1, 0.15) is 26.3 Å². The summed E-state index contributed by atoms with van der Waals surface area (Å²) in [5.74, 6) is -0.424. The highest BCUT2D eigenvalue weighted by Crippen LogP contribution is 2.19. The van der Waals surface area contributed by atoms with Crippen molar-refractivity contribution < 1.29 is 14.3 Å². The molecule has 1 aromatic heterocycles. The number of carbonyl (C=O) groups is 2. The number of methoxy groups -OCH3 is 1. The van der Waals surface area contributed by atoms with Crippen molar-refractivity contribution in [2.45, 2.75) is 6.42 Å². The van der Waals surface area contributed by atoms with Crippen LogP contribution >= 0.6 is 0 Å². The Labute approximate surface area is 162 Å². The van der Waals surface area contributed by atoms with Gasteiger partial charge in [-0.15, -0.1) is 0 Å². The van der Waals surface area contributed by atoms with E-state index >= 15 is 0 Å². The second-order valence-electron chi connectivity index (χ2n) is 5.95. The lowest BCUT2D eigenvalue weighted by molar-refractivity contribution is 0.0601. The highest BCUT2D eigenvalue weighted by Gasteiger charge is 2.12. The van der Waals surface area contributed by atoms with E-state index in [0.717, 1.165) is 12.0 Å². The van der Waals surface area contributed by atoms with E-state index in [0.29, 0.717) is 23.4 Å². The van der Waals surface area contributed by atoms with Crippen LogP contribution in [0.5, 0.6) is 0 Å². The first-order valence-electron chi connectivity index (χ1n) is 8.76. The third kappa shape index (κ3) is 4.91. The number of ether oxygens (including phenoxy) is 1. The molecule has 2 N–H and O–H groups in total. The summed E-state index contributed by atoms with van der Waals surface area (Å²) >= 11 is 0. The summed E-state index contributed by atoms with van der Waals surface area (Å²) in [6.07, 6.45) is 3.62. The molecule has 0 radical (unpaired) electrons. The molecule has 0 spiro atoms. The number of nitrogens with zero attached hydrogens (tertiary/aromatic N) is 2. The first-order valence-corrected chi connectivity index (χ1v) is 8.76. The summed E-state index contributed by atoms with van der Waals surface area (Å²) in [4.78, 5) is 32.3. The minimum Gasteiger partial charge on any atom is -0.465 e. The van der Waals surface area contributed by atoms with E-state index in [1.807, 2.05) is 30.3 Å². The standard InChI is InChI=1S/C21H20N4O3/c1-28-20(27)17-9-5-6-10-18(17)25-21-23-13-16(14-24-21)19(26)22-12-11-15-7-3-2-4-8-15/h2-10,13-14H,11-12H2,1H3,(H,22,26)(H,23,24,25). The van der Waals surface area contributed by atoms with Crippen LogP contribution in [0.15, 0.2) is 67.0 Å². The zero-order chi connectivity index (χ0) is 19.8. The minimum atomic E-state index is -0.461. The number of aromatic nitrogens is 2. The highest BCUT2D eigenvalue weighted by molar-refractivity contribution is 5.96. The molecule has 7 heteroatoms. The topological polar surface area (TPSA) is 93.2 Å². The van der Waals surface area contributed by atoms with Gasteiger partial charge in [-0.25, -0.2) is 14.8 Å². The van der Waals surface area contributed by atoms with Gasteiger partial charge in [0.15, 0.2) is 0 Å². The number of esters is 1. The number of nitrogens with one attached hydrogen (secondary N) is 2. The lowest BCUT2D eigenvalue weighted by Crippen LogP contribution is -2.26. The van der Waals surface area contributed by atoms with Crippen LogP contribution in [0, 0.1) is 0 Å². The minimum absolute atomic E-state index is 0.238. The fourth-order valence-corrected chi connectivity index (χ4v) is 2.58. The molecule has 0 aliphatic rings. The van der Waals surface area contributed by atoms with Crippen molar-refractivity contribution >= 4 is 23.5 Å². The maximum Gasteiger partial charge on any atom is 0.339 e. The highest BCUT2D eigenvalue weighted by atomic mass is 16.5. The van der Waals surface area contributed by atoms with E-state index < -0.39 is 5.97 Å². The predicted octanol–water partition coefficient (Wildman–Crippen LogP) is 2.98. The van der Waals surface area contributed by atoms with Gasteiger partial charge in [-0.05, 0) is 24.1 Å². The van der Waals surface area contributed by atoms with Gasteiger partial charge in [0.1, 0.15) is 0 Å². The lowest BCUT2D eigenvalue weighted by Gasteiger charge is -2.09. The molecule has 7 nitrogen and oxygen atoms in total. The van der Waals surface area contributed by atoms with Gasteiger partial charge in [0.2, 0.25) is 5.95 Å². The van der Waals surface area contributed by atoms with Gasteiger partial charge in [-0.3, -0.25) is 4.79 Å². The molecule has 0 fully saturated rings. The molecule has 0 unspecified atom stereocenters. The maximum absolute atomic E-state index is 12.2. The summed E-state index contributed by atoms with van der Waals surface area (Å²) in [6, 6.07) is 16.8. The Morgan fingerprint density at radius 3 is 2.36 bits per heavy atom. The number of amides is 1. The summed E-state index contributed by atoms with van der Waals surface area (Å²) in [6.45, 7) is 0.523. The Bertz CT molecular complexity index is 943. The molecular formula is C21H20N4O3. The van der Waals surface area contributed by atoms with Gasteiger partial charge in [0.25, 0.3) is 5.91 Å². The molecule has 1 heterocycles. The molecule has 0 saturated carbocycles. The number of carbonyl (C=O) groups excluding carboxylic acids is 2. The Morgan fingerprint density at radius 1 is 0.964 bits per heavy atom. The Morgan fingerprint density at radius 2 is 1.64 bits per heavy atom. The molecule has 0 atom stereocenters. The fourth-order valence-electron chi connectivity index (χ4n) is 2.58. The van der Waals surface area contributed by atoms with Crippen molar-refractivity contribution in [1.29, 1.82) is 0 Å². The van der Waals surface area contributed by atoms with Crippen LogP contribution in [-0.2, 0) is 11.2 Å². The van der Waals surface area contributed by atoms with E-state index in [1.165, 1.54) is 19.5 Å². The van der Waals surface area contributed by atoms with Crippen molar-refractivity contribution in [2.75, 3.05) is 19.0 Å². The van der Waals surface area contributed by atoms with Crippen molar-refractivity contribution in [3.8, 4) is 0 Å². The monoisotopic (exact) mass is 376 g/mol. The van der Waals surface area contributed by atoms with Gasteiger partial charge in [0, 0.05) is 18.9 Å².